The molecule has 0 fully saturated rings. The number of hydrogen-bond acceptors (Lipinski definition) is 3. The van der Waals surface area contributed by atoms with Crippen LogP contribution < -0.4 is 0 Å². The van der Waals surface area contributed by atoms with Gasteiger partial charge in [0.15, 0.2) is 0 Å². The fraction of sp³-hybridized carbons (Fsp3) is 0.0500. The molecule has 0 aliphatic heterocycles. The number of carboxylic acid groups (broad SMARTS) is 1. The molecule has 0 unspecified atom stereocenters. The van der Waals surface area contributed by atoms with Crippen molar-refractivity contribution in [3.8, 4) is 0 Å². The molecule has 7 heteroatoms. The number of carboxylic acids is 1. The minimum absolute atomic E-state index is 0.126. The Morgan fingerprint density at radius 3 is 2.22 bits per heavy atom. The Hall–Kier alpha value is -3.48. The van der Waals surface area contributed by atoms with Crippen molar-refractivity contribution >= 4 is 34.3 Å². The van der Waals surface area contributed by atoms with Gasteiger partial charge in [-0.15, -0.1) is 0 Å². The largest absolute Gasteiger partial charge is 0.475 e. The number of pyridine rings is 1. The maximum absolute atomic E-state index is 12.7. The minimum atomic E-state index is -4.48. The molecule has 27 heavy (non-hydrogen) atoms. The number of benzene rings is 2. The summed E-state index contributed by atoms with van der Waals surface area (Å²) in [6.07, 6.45) is -3.27. The molecule has 3 rings (SSSR count). The lowest BCUT2D eigenvalue weighted by molar-refractivity contribution is -0.146. The van der Waals surface area contributed by atoms with Gasteiger partial charge in [-0.3, -0.25) is 4.79 Å². The summed E-state index contributed by atoms with van der Waals surface area (Å²) in [4.78, 5) is 27.6. The lowest BCUT2D eigenvalue weighted by atomic mass is 10.0. The molecule has 2 aromatic carbocycles. The van der Waals surface area contributed by atoms with E-state index in [-0.39, 0.29) is 16.8 Å². The number of nitrogens with zero attached hydrogens (tertiary/aromatic N) is 1. The van der Waals surface area contributed by atoms with Gasteiger partial charge in [-0.05, 0) is 35.9 Å². The zero-order valence-electron chi connectivity index (χ0n) is 13.7. The fourth-order valence-corrected chi connectivity index (χ4v) is 2.52. The van der Waals surface area contributed by atoms with E-state index in [1.54, 1.807) is 18.2 Å². The lowest BCUT2D eigenvalue weighted by Gasteiger charge is -2.08. The second kappa shape index (κ2) is 7.03. The Kier molecular flexibility index (Phi) is 4.77. The Bertz CT molecular complexity index is 1050. The predicted molar refractivity (Wildman–Crippen MR) is 93.7 cm³/mol. The number of carbonyl (C=O) groups excluding carboxylic acids is 1. The van der Waals surface area contributed by atoms with Crippen LogP contribution in [0.5, 0.6) is 0 Å². The number of rotatable bonds is 4. The maximum atomic E-state index is 12.7. The fourth-order valence-electron chi connectivity index (χ4n) is 2.52. The summed E-state index contributed by atoms with van der Waals surface area (Å²) < 4.78 is 38.0. The van der Waals surface area contributed by atoms with Gasteiger partial charge in [-0.2, -0.15) is 13.2 Å². The van der Waals surface area contributed by atoms with E-state index >= 15 is 0 Å². The van der Waals surface area contributed by atoms with Gasteiger partial charge in [0, 0.05) is 5.39 Å². The molecular formula is C20H12F3NO3. The van der Waals surface area contributed by atoms with Crippen molar-refractivity contribution in [2.24, 2.45) is 0 Å². The molecule has 0 spiro atoms. The van der Waals surface area contributed by atoms with E-state index in [1.165, 1.54) is 24.3 Å². The highest BCUT2D eigenvalue weighted by Crippen LogP contribution is 2.30. The number of para-hydroxylation sites is 1. The average molecular weight is 371 g/mol. The van der Waals surface area contributed by atoms with Gasteiger partial charge < -0.3 is 5.11 Å². The normalized spacial score (nSPS) is 12.2. The molecule has 136 valence electrons. The summed E-state index contributed by atoms with van der Waals surface area (Å²) in [5, 5.41) is 9.89. The van der Waals surface area contributed by atoms with Crippen LogP contribution in [0, 0.1) is 0 Å². The minimum Gasteiger partial charge on any atom is -0.475 e. The van der Waals surface area contributed by atoms with Crippen molar-refractivity contribution in [2.45, 2.75) is 6.18 Å². The Morgan fingerprint density at radius 1 is 0.926 bits per heavy atom. The molecule has 3 aromatic rings. The maximum Gasteiger partial charge on any atom is 0.416 e. The van der Waals surface area contributed by atoms with Crippen molar-refractivity contribution < 1.29 is 27.9 Å². The number of Topliss-reactive ketones (excluding diaryl/α,β-unsaturated/α-hetero) is 1. The lowest BCUT2D eigenvalue weighted by Crippen LogP contribution is -2.15. The highest BCUT2D eigenvalue weighted by Gasteiger charge is 2.30. The smallest absolute Gasteiger partial charge is 0.416 e. The number of aromatic nitrogens is 1. The molecule has 0 aliphatic carbocycles. The van der Waals surface area contributed by atoms with E-state index in [9.17, 15) is 22.8 Å². The van der Waals surface area contributed by atoms with E-state index in [0.29, 0.717) is 5.52 Å². The quantitative estimate of drug-likeness (QED) is 0.544. The van der Waals surface area contributed by atoms with Gasteiger partial charge in [0.25, 0.3) is 5.78 Å². The molecular weight excluding hydrogens is 359 g/mol. The van der Waals surface area contributed by atoms with Crippen molar-refractivity contribution in [1.82, 2.24) is 4.98 Å². The first-order chi connectivity index (χ1) is 12.8. The predicted octanol–water partition coefficient (Wildman–Crippen LogP) is 4.45. The third kappa shape index (κ3) is 4.03. The first-order valence-corrected chi connectivity index (χ1v) is 7.78. The second-order valence-corrected chi connectivity index (χ2v) is 5.70. The summed E-state index contributed by atoms with van der Waals surface area (Å²) in [6, 6.07) is 14.3. The topological polar surface area (TPSA) is 67.3 Å². The van der Waals surface area contributed by atoms with E-state index in [2.05, 4.69) is 4.98 Å². The van der Waals surface area contributed by atoms with E-state index < -0.39 is 23.5 Å². The molecule has 0 aliphatic rings. The summed E-state index contributed by atoms with van der Waals surface area (Å²) in [6.45, 7) is 0. The SMILES string of the molecule is O=C(O)C(=O)C(=Cc1ccc(C(F)(F)F)cc1)c1ccc2ccccc2n1. The van der Waals surface area contributed by atoms with E-state index in [0.717, 1.165) is 17.5 Å². The van der Waals surface area contributed by atoms with Crippen molar-refractivity contribution in [1.29, 1.82) is 0 Å². The third-order valence-corrected chi connectivity index (χ3v) is 3.86. The van der Waals surface area contributed by atoms with Gasteiger partial charge >= 0.3 is 12.1 Å². The van der Waals surface area contributed by atoms with Crippen LogP contribution in [-0.4, -0.2) is 21.8 Å². The first kappa shape index (κ1) is 18.3. The standard InChI is InChI=1S/C20H12F3NO3/c21-20(22,23)14-8-5-12(6-9-14)11-15(18(25)19(26)27)17-10-7-13-3-1-2-4-16(13)24-17/h1-11H,(H,26,27). The Labute approximate surface area is 151 Å². The second-order valence-electron chi connectivity index (χ2n) is 5.70. The number of halogens is 3. The van der Waals surface area contributed by atoms with Gasteiger partial charge in [0.1, 0.15) is 0 Å². The molecule has 4 nitrogen and oxygen atoms in total. The van der Waals surface area contributed by atoms with Crippen LogP contribution in [0.3, 0.4) is 0 Å². The zero-order chi connectivity index (χ0) is 19.6. The summed E-state index contributed by atoms with van der Waals surface area (Å²) in [5.41, 5.74) is -0.113. The third-order valence-electron chi connectivity index (χ3n) is 3.86. The molecule has 0 saturated carbocycles. The highest BCUT2D eigenvalue weighted by molar-refractivity contribution is 6.52. The van der Waals surface area contributed by atoms with E-state index in [4.69, 9.17) is 5.11 Å². The number of alkyl halides is 3. The van der Waals surface area contributed by atoms with Crippen LogP contribution in [0.25, 0.3) is 22.6 Å². The molecule has 0 atom stereocenters. The number of hydrogen-bond donors (Lipinski definition) is 1. The number of fused-ring (bicyclic) bond motifs is 1. The van der Waals surface area contributed by atoms with Crippen LogP contribution in [0.1, 0.15) is 16.8 Å². The molecule has 0 saturated heterocycles. The molecule has 0 amide bonds. The number of carbonyl (C=O) groups is 2. The van der Waals surface area contributed by atoms with Gasteiger partial charge in [0.2, 0.25) is 0 Å². The van der Waals surface area contributed by atoms with Gasteiger partial charge in [-0.1, -0.05) is 36.4 Å². The first-order valence-electron chi connectivity index (χ1n) is 7.78. The van der Waals surface area contributed by atoms with Crippen LogP contribution in [0.15, 0.2) is 60.7 Å². The van der Waals surface area contributed by atoms with Crippen molar-refractivity contribution in [3.05, 3.63) is 77.5 Å². The van der Waals surface area contributed by atoms with Crippen molar-refractivity contribution in [3.63, 3.8) is 0 Å². The zero-order valence-corrected chi connectivity index (χ0v) is 13.7. The Balaban J connectivity index is 2.09. The monoisotopic (exact) mass is 371 g/mol. The van der Waals surface area contributed by atoms with Gasteiger partial charge in [-0.25, -0.2) is 9.78 Å². The van der Waals surface area contributed by atoms with Crippen LogP contribution in [-0.2, 0) is 15.8 Å². The van der Waals surface area contributed by atoms with Crippen molar-refractivity contribution in [2.75, 3.05) is 0 Å². The van der Waals surface area contributed by atoms with Crippen LogP contribution in [0.2, 0.25) is 0 Å². The number of ketones is 1. The summed E-state index contributed by atoms with van der Waals surface area (Å²) in [5.74, 6) is -2.87. The van der Waals surface area contributed by atoms with Crippen LogP contribution in [0.4, 0.5) is 13.2 Å². The molecule has 0 bridgehead atoms. The van der Waals surface area contributed by atoms with E-state index in [1.807, 2.05) is 12.1 Å². The summed E-state index contributed by atoms with van der Waals surface area (Å²) >= 11 is 0. The molecule has 1 heterocycles. The Morgan fingerprint density at radius 2 is 1.59 bits per heavy atom. The molecule has 1 N–H and O–H groups in total. The number of aliphatic carboxylic acids is 1. The van der Waals surface area contributed by atoms with Crippen LogP contribution >= 0.6 is 0 Å². The van der Waals surface area contributed by atoms with Gasteiger partial charge in [0.05, 0.1) is 22.3 Å². The highest BCUT2D eigenvalue weighted by atomic mass is 19.4. The average Bonchev–Trinajstić information content (AvgIpc) is 2.64. The molecule has 1 aromatic heterocycles. The molecule has 0 radical (unpaired) electrons. The summed E-state index contributed by atoms with van der Waals surface area (Å²) in [7, 11) is 0.